The second-order valence-electron chi connectivity index (χ2n) is 7.85. The van der Waals surface area contributed by atoms with Gasteiger partial charge < -0.3 is 14.4 Å². The molecule has 5 nitrogen and oxygen atoms in total. The highest BCUT2D eigenvalue weighted by Gasteiger charge is 2.42. The van der Waals surface area contributed by atoms with E-state index in [4.69, 9.17) is 21.1 Å². The molecule has 3 rings (SSSR count). The van der Waals surface area contributed by atoms with Gasteiger partial charge in [0.2, 0.25) is 0 Å². The average molecular weight is 510 g/mol. The molecule has 1 fully saturated rings. The fourth-order valence-electron chi connectivity index (χ4n) is 4.35. The number of piperidine rings is 1. The molecule has 180 valence electrons. The number of nitrogens with zero attached hydrogens (tertiary/aromatic N) is 2. The number of halogens is 4. The van der Waals surface area contributed by atoms with Gasteiger partial charge in [-0.3, -0.25) is 9.78 Å². The average Bonchev–Trinajstić information content (AvgIpc) is 2.76. The maximum atomic E-state index is 14.6. The van der Waals surface area contributed by atoms with Crippen LogP contribution in [0.1, 0.15) is 38.2 Å². The van der Waals surface area contributed by atoms with E-state index >= 15 is 0 Å². The van der Waals surface area contributed by atoms with Crippen molar-refractivity contribution >= 4 is 53.3 Å². The van der Waals surface area contributed by atoms with Crippen molar-refractivity contribution in [3.8, 4) is 5.75 Å². The fraction of sp³-hybridized carbons (Fsp3) is 0.565. The minimum Gasteiger partial charge on any atom is -0.497 e. The van der Waals surface area contributed by atoms with Crippen molar-refractivity contribution in [1.29, 1.82) is 0 Å². The Balaban J connectivity index is 0.00000256. The zero-order valence-corrected chi connectivity index (χ0v) is 21.0. The van der Waals surface area contributed by atoms with Crippen LogP contribution in [0.2, 0.25) is 0 Å². The summed E-state index contributed by atoms with van der Waals surface area (Å²) in [5, 5.41) is 0.761. The third-order valence-electron chi connectivity index (χ3n) is 6.14. The lowest BCUT2D eigenvalue weighted by molar-refractivity contribution is -0.159. The number of hydrogen-bond donors (Lipinski definition) is 0. The van der Waals surface area contributed by atoms with Crippen LogP contribution in [0.5, 0.6) is 5.75 Å². The van der Waals surface area contributed by atoms with Crippen molar-refractivity contribution in [2.75, 3.05) is 39.2 Å². The van der Waals surface area contributed by atoms with E-state index in [2.05, 4.69) is 9.88 Å². The first-order valence-electron chi connectivity index (χ1n) is 10.6. The molecular weight excluding hydrogens is 478 g/mol. The molecule has 1 aliphatic rings. The van der Waals surface area contributed by atoms with E-state index in [1.807, 2.05) is 25.1 Å². The van der Waals surface area contributed by atoms with Crippen LogP contribution >= 0.6 is 36.4 Å². The van der Waals surface area contributed by atoms with Gasteiger partial charge in [0.25, 0.3) is 0 Å². The number of rotatable bonds is 9. The number of alkyl halides is 1. The van der Waals surface area contributed by atoms with E-state index in [-0.39, 0.29) is 36.6 Å². The van der Waals surface area contributed by atoms with Crippen molar-refractivity contribution in [1.82, 2.24) is 9.88 Å². The molecule has 1 aromatic carbocycles. The molecule has 0 saturated carbocycles. The molecule has 1 aliphatic heterocycles. The molecule has 1 saturated heterocycles. The van der Waals surface area contributed by atoms with Gasteiger partial charge in [0, 0.05) is 17.8 Å². The molecule has 0 atom stereocenters. The van der Waals surface area contributed by atoms with E-state index in [0.717, 1.165) is 43.4 Å². The molecule has 9 heteroatoms. The van der Waals surface area contributed by atoms with Crippen molar-refractivity contribution < 1.29 is 18.7 Å². The first-order valence-corrected chi connectivity index (χ1v) is 11.1. The monoisotopic (exact) mass is 508 g/mol. The topological polar surface area (TPSA) is 51.7 Å². The highest BCUT2D eigenvalue weighted by atomic mass is 35.5. The zero-order chi connectivity index (χ0) is 21.6. The highest BCUT2D eigenvalue weighted by Crippen LogP contribution is 2.38. The van der Waals surface area contributed by atoms with Gasteiger partial charge in [0.05, 0.1) is 30.8 Å². The number of pyridine rings is 1. The summed E-state index contributed by atoms with van der Waals surface area (Å²) in [6.45, 7) is 4.69. The minimum atomic E-state index is -0.504. The Hall–Kier alpha value is -1.34. The van der Waals surface area contributed by atoms with Gasteiger partial charge in [-0.25, -0.2) is 4.39 Å². The fourth-order valence-corrected chi connectivity index (χ4v) is 4.59. The quantitative estimate of drug-likeness (QED) is 0.333. The highest BCUT2D eigenvalue weighted by molar-refractivity contribution is 6.18. The van der Waals surface area contributed by atoms with Gasteiger partial charge in [-0.2, -0.15) is 0 Å². The maximum Gasteiger partial charge on any atom is 0.312 e. The van der Waals surface area contributed by atoms with Crippen molar-refractivity contribution in [2.45, 2.75) is 39.0 Å². The molecule has 1 aromatic heterocycles. The molecule has 0 N–H and O–H groups in total. The number of likely N-dealkylation sites (tertiary alicyclic amines) is 1. The van der Waals surface area contributed by atoms with Crippen LogP contribution in [0.25, 0.3) is 10.9 Å². The summed E-state index contributed by atoms with van der Waals surface area (Å²) in [4.78, 5) is 19.3. The van der Waals surface area contributed by atoms with Crippen LogP contribution in [0.15, 0.2) is 24.4 Å². The van der Waals surface area contributed by atoms with Crippen molar-refractivity contribution in [3.63, 3.8) is 0 Å². The number of carbonyl (C=O) groups is 1. The largest absolute Gasteiger partial charge is 0.497 e. The molecule has 2 aromatic rings. The van der Waals surface area contributed by atoms with Crippen LogP contribution in [-0.2, 0) is 16.0 Å². The number of methoxy groups -OCH3 is 1. The molecule has 2 heterocycles. The number of benzene rings is 1. The SMILES string of the molecule is CCOC(=O)C1(CCCc2c(F)cnc3ccc(OC)cc23)CCN(CCCl)CC1.Cl.Cl. The summed E-state index contributed by atoms with van der Waals surface area (Å²) >= 11 is 5.87. The van der Waals surface area contributed by atoms with E-state index in [1.54, 1.807) is 7.11 Å². The Bertz CT molecular complexity index is 877. The second-order valence-corrected chi connectivity index (χ2v) is 8.23. The van der Waals surface area contributed by atoms with Gasteiger partial charge in [0.1, 0.15) is 11.6 Å². The van der Waals surface area contributed by atoms with Crippen LogP contribution < -0.4 is 4.74 Å². The number of aryl methyl sites for hydroxylation is 1. The van der Waals surface area contributed by atoms with Crippen LogP contribution in [0.3, 0.4) is 0 Å². The van der Waals surface area contributed by atoms with Crippen LogP contribution in [0, 0.1) is 11.2 Å². The maximum absolute atomic E-state index is 14.6. The first-order chi connectivity index (χ1) is 14.5. The summed E-state index contributed by atoms with van der Waals surface area (Å²) in [7, 11) is 1.59. The Morgan fingerprint density at radius 2 is 2.00 bits per heavy atom. The van der Waals surface area contributed by atoms with E-state index in [0.29, 0.717) is 43.1 Å². The molecule has 0 bridgehead atoms. The molecule has 32 heavy (non-hydrogen) atoms. The van der Waals surface area contributed by atoms with Crippen LogP contribution in [0.4, 0.5) is 4.39 Å². The number of carbonyl (C=O) groups excluding carboxylic acids is 1. The second kappa shape index (κ2) is 13.4. The van der Waals surface area contributed by atoms with E-state index < -0.39 is 5.41 Å². The molecular formula is C23H32Cl3FN2O3. The van der Waals surface area contributed by atoms with Gasteiger partial charge in [-0.15, -0.1) is 36.4 Å². The van der Waals surface area contributed by atoms with Crippen LogP contribution in [-0.4, -0.2) is 55.1 Å². The summed E-state index contributed by atoms with van der Waals surface area (Å²) in [5.41, 5.74) is 0.856. The number of ether oxygens (including phenoxy) is 2. The van der Waals surface area contributed by atoms with Crippen molar-refractivity contribution in [3.05, 3.63) is 35.8 Å². The summed E-state index contributed by atoms with van der Waals surface area (Å²) < 4.78 is 25.3. The first kappa shape index (κ1) is 28.7. The van der Waals surface area contributed by atoms with E-state index in [9.17, 15) is 9.18 Å². The molecule has 0 aliphatic carbocycles. The standard InChI is InChI=1S/C23H30ClFN2O3.2ClH/c1-3-30-22(28)23(9-12-27(13-10-23)14-11-24)8-4-5-18-19-15-17(29-2)6-7-21(19)26-16-20(18)25;;/h6-7,15-16H,3-5,8-14H2,1-2H3;2*1H. The van der Waals surface area contributed by atoms with Crippen molar-refractivity contribution in [2.24, 2.45) is 5.41 Å². The van der Waals surface area contributed by atoms with E-state index in [1.165, 1.54) is 6.20 Å². The predicted molar refractivity (Wildman–Crippen MR) is 131 cm³/mol. The normalized spacial score (nSPS) is 15.5. The molecule has 0 amide bonds. The summed E-state index contributed by atoms with van der Waals surface area (Å²) in [5.74, 6) is 0.811. The smallest absolute Gasteiger partial charge is 0.312 e. The minimum absolute atomic E-state index is 0. The Kier molecular flexibility index (Phi) is 12.0. The zero-order valence-electron chi connectivity index (χ0n) is 18.6. The summed E-state index contributed by atoms with van der Waals surface area (Å²) in [6.07, 6.45) is 4.67. The molecule has 0 unspecified atom stereocenters. The lowest BCUT2D eigenvalue weighted by Crippen LogP contribution is -2.45. The Morgan fingerprint density at radius 1 is 1.28 bits per heavy atom. The number of aromatic nitrogens is 1. The third-order valence-corrected chi connectivity index (χ3v) is 6.31. The summed E-state index contributed by atoms with van der Waals surface area (Å²) in [6, 6.07) is 5.48. The number of esters is 1. The Morgan fingerprint density at radius 3 is 2.62 bits per heavy atom. The molecule has 0 spiro atoms. The van der Waals surface area contributed by atoms with Gasteiger partial charge >= 0.3 is 5.97 Å². The van der Waals surface area contributed by atoms with Gasteiger partial charge in [-0.05, 0) is 75.9 Å². The number of hydrogen-bond acceptors (Lipinski definition) is 5. The lowest BCUT2D eigenvalue weighted by atomic mass is 9.74. The molecule has 0 radical (unpaired) electrons. The third kappa shape index (κ3) is 6.60. The lowest BCUT2D eigenvalue weighted by Gasteiger charge is -2.40. The Labute approximate surface area is 206 Å². The predicted octanol–water partition coefficient (Wildman–Crippen LogP) is 5.43. The van der Waals surface area contributed by atoms with Gasteiger partial charge in [0.15, 0.2) is 0 Å². The van der Waals surface area contributed by atoms with Gasteiger partial charge in [-0.1, -0.05) is 0 Å². The number of fused-ring (bicyclic) bond motifs is 1.